The Morgan fingerprint density at radius 1 is 0.920 bits per heavy atom. The molecule has 3 aromatic carbocycles. The Balaban J connectivity index is 1.90. The molecular weight excluding hydrogens is 385 g/mol. The van der Waals surface area contributed by atoms with Crippen LogP contribution < -0.4 is 4.72 Å². The number of anilines is 1. The Morgan fingerprint density at radius 3 is 2.48 bits per heavy atom. The first-order valence-corrected chi connectivity index (χ1v) is 9.32. The molecule has 1 aromatic heterocycles. The number of nitrogens with zero attached hydrogens (tertiary/aromatic N) is 2. The van der Waals surface area contributed by atoms with Crippen molar-refractivity contribution in [1.82, 2.24) is 10.3 Å². The van der Waals surface area contributed by atoms with E-state index in [4.69, 9.17) is 23.2 Å². The second kappa shape index (κ2) is 5.87. The van der Waals surface area contributed by atoms with Crippen LogP contribution in [0.2, 0.25) is 10.0 Å². The van der Waals surface area contributed by atoms with Gasteiger partial charge in [-0.05, 0) is 27.8 Å². The van der Waals surface area contributed by atoms with Crippen LogP contribution in [0.25, 0.3) is 21.8 Å². The van der Waals surface area contributed by atoms with Gasteiger partial charge in [0.05, 0.1) is 15.7 Å². The van der Waals surface area contributed by atoms with Crippen molar-refractivity contribution in [1.29, 1.82) is 0 Å². The number of hydrogen-bond acceptors (Lipinski definition) is 5. The summed E-state index contributed by atoms with van der Waals surface area (Å²) in [6.07, 6.45) is 0. The van der Waals surface area contributed by atoms with E-state index in [0.717, 1.165) is 10.8 Å². The van der Waals surface area contributed by atoms with Crippen LogP contribution in [-0.4, -0.2) is 18.7 Å². The second-order valence-electron chi connectivity index (χ2n) is 5.26. The van der Waals surface area contributed by atoms with Crippen molar-refractivity contribution in [3.05, 3.63) is 58.6 Å². The van der Waals surface area contributed by atoms with Crippen molar-refractivity contribution in [2.24, 2.45) is 0 Å². The predicted molar refractivity (Wildman–Crippen MR) is 96.6 cm³/mol. The molecule has 0 bridgehead atoms. The van der Waals surface area contributed by atoms with Gasteiger partial charge < -0.3 is 0 Å². The summed E-state index contributed by atoms with van der Waals surface area (Å²) in [5.74, 6) is 0. The molecule has 4 rings (SSSR count). The summed E-state index contributed by atoms with van der Waals surface area (Å²) < 4.78 is 33.1. The predicted octanol–water partition coefficient (Wildman–Crippen LogP) is 4.48. The summed E-state index contributed by atoms with van der Waals surface area (Å²) in [7, 11) is -4.05. The average molecular weight is 394 g/mol. The van der Waals surface area contributed by atoms with Gasteiger partial charge in [-0.15, -0.1) is 0 Å². The van der Waals surface area contributed by atoms with Gasteiger partial charge in [-0.1, -0.05) is 59.6 Å². The maximum atomic E-state index is 12.9. The average Bonchev–Trinajstić information content (AvgIpc) is 3.04. The summed E-state index contributed by atoms with van der Waals surface area (Å²) in [6.45, 7) is 0. The Hall–Kier alpha value is -2.35. The maximum Gasteiger partial charge on any atom is 0.265 e. The zero-order chi connectivity index (χ0) is 17.6. The molecule has 0 aliphatic carbocycles. The van der Waals surface area contributed by atoms with E-state index in [9.17, 15) is 8.42 Å². The van der Waals surface area contributed by atoms with Crippen molar-refractivity contribution in [2.75, 3.05) is 4.72 Å². The molecule has 126 valence electrons. The first kappa shape index (κ1) is 16.1. The van der Waals surface area contributed by atoms with Crippen LogP contribution in [0.15, 0.2) is 58.1 Å². The largest absolute Gasteiger partial charge is 0.279 e. The van der Waals surface area contributed by atoms with E-state index in [0.29, 0.717) is 5.69 Å². The molecule has 0 aliphatic rings. The van der Waals surface area contributed by atoms with Crippen LogP contribution in [0.4, 0.5) is 5.69 Å². The van der Waals surface area contributed by atoms with Gasteiger partial charge in [-0.25, -0.2) is 13.0 Å². The molecule has 0 amide bonds. The molecule has 0 saturated carbocycles. The molecule has 4 aromatic rings. The van der Waals surface area contributed by atoms with Gasteiger partial charge in [-0.3, -0.25) is 4.72 Å². The van der Waals surface area contributed by atoms with Crippen molar-refractivity contribution >= 4 is 60.7 Å². The van der Waals surface area contributed by atoms with Crippen LogP contribution in [0.1, 0.15) is 0 Å². The molecule has 25 heavy (non-hydrogen) atoms. The van der Waals surface area contributed by atoms with Crippen LogP contribution in [0.5, 0.6) is 0 Å². The lowest BCUT2D eigenvalue weighted by Gasteiger charge is -2.12. The topological polar surface area (TPSA) is 85.1 Å². The van der Waals surface area contributed by atoms with Gasteiger partial charge in [0, 0.05) is 5.39 Å². The van der Waals surface area contributed by atoms with Gasteiger partial charge in [0.2, 0.25) is 0 Å². The quantitative estimate of drug-likeness (QED) is 0.554. The second-order valence-corrected chi connectivity index (χ2v) is 7.70. The number of halogens is 2. The van der Waals surface area contributed by atoms with Crippen molar-refractivity contribution < 1.29 is 13.0 Å². The molecule has 6 nitrogen and oxygen atoms in total. The standard InChI is InChI=1S/C16H9Cl2N3O3S/c17-11-8-12(18)16(15-14(11)19-24-20-15)25(22,23)21-13-7-3-5-9-4-1-2-6-10(9)13/h1-8,21H. The van der Waals surface area contributed by atoms with Gasteiger partial charge >= 0.3 is 0 Å². The number of benzene rings is 3. The third-order valence-electron chi connectivity index (χ3n) is 3.70. The summed E-state index contributed by atoms with van der Waals surface area (Å²) in [5.41, 5.74) is 0.531. The lowest BCUT2D eigenvalue weighted by Crippen LogP contribution is -2.14. The van der Waals surface area contributed by atoms with Gasteiger partial charge in [-0.2, -0.15) is 0 Å². The SMILES string of the molecule is O=S(=O)(Nc1cccc2ccccc12)c1c(Cl)cc(Cl)c2nonc12. The molecule has 0 saturated heterocycles. The molecule has 0 spiro atoms. The highest BCUT2D eigenvalue weighted by Gasteiger charge is 2.26. The zero-order valence-electron chi connectivity index (χ0n) is 12.4. The van der Waals surface area contributed by atoms with E-state index in [1.54, 1.807) is 12.1 Å². The number of sulfonamides is 1. The molecule has 1 N–H and O–H groups in total. The molecule has 0 radical (unpaired) electrons. The van der Waals surface area contributed by atoms with Gasteiger partial charge in [0.15, 0.2) is 11.0 Å². The molecule has 9 heteroatoms. The Bertz CT molecular complexity index is 1220. The monoisotopic (exact) mass is 393 g/mol. The minimum atomic E-state index is -4.05. The van der Waals surface area contributed by atoms with E-state index in [2.05, 4.69) is 19.7 Å². The van der Waals surface area contributed by atoms with E-state index < -0.39 is 10.0 Å². The Kier molecular flexibility index (Phi) is 3.79. The highest BCUT2D eigenvalue weighted by molar-refractivity contribution is 7.93. The molecule has 0 aliphatic heterocycles. The summed E-state index contributed by atoms with van der Waals surface area (Å²) in [4.78, 5) is -0.234. The first-order chi connectivity index (χ1) is 12.0. The summed E-state index contributed by atoms with van der Waals surface area (Å²) in [6, 6.07) is 14.0. The number of nitrogens with one attached hydrogen (secondary N) is 1. The van der Waals surface area contributed by atoms with Crippen molar-refractivity contribution in [3.8, 4) is 0 Å². The van der Waals surface area contributed by atoms with E-state index in [-0.39, 0.29) is 26.0 Å². The molecule has 0 atom stereocenters. The third-order valence-corrected chi connectivity index (χ3v) is 5.84. The normalized spacial score (nSPS) is 11.9. The molecular formula is C16H9Cl2N3O3S. The maximum absolute atomic E-state index is 12.9. The number of fused-ring (bicyclic) bond motifs is 2. The Labute approximate surface area is 152 Å². The van der Waals surface area contributed by atoms with Gasteiger partial charge in [0.25, 0.3) is 10.0 Å². The fourth-order valence-corrected chi connectivity index (χ4v) is 4.68. The number of rotatable bonds is 3. The number of aromatic nitrogens is 2. The van der Waals surface area contributed by atoms with Crippen LogP contribution in [0.3, 0.4) is 0 Å². The van der Waals surface area contributed by atoms with E-state index in [1.807, 2.05) is 30.3 Å². The minimum absolute atomic E-state index is 0.0229. The first-order valence-electron chi connectivity index (χ1n) is 7.08. The van der Waals surface area contributed by atoms with Crippen molar-refractivity contribution in [3.63, 3.8) is 0 Å². The van der Waals surface area contributed by atoms with Gasteiger partial charge in [0.1, 0.15) is 4.90 Å². The number of hydrogen-bond donors (Lipinski definition) is 1. The highest BCUT2D eigenvalue weighted by Crippen LogP contribution is 2.35. The minimum Gasteiger partial charge on any atom is -0.279 e. The summed E-state index contributed by atoms with van der Waals surface area (Å²) in [5, 5.41) is 9.01. The lowest BCUT2D eigenvalue weighted by molar-refractivity contribution is 0.315. The van der Waals surface area contributed by atoms with Crippen LogP contribution >= 0.6 is 23.2 Å². The summed E-state index contributed by atoms with van der Waals surface area (Å²) >= 11 is 12.1. The molecule has 0 unspecified atom stereocenters. The van der Waals surface area contributed by atoms with Crippen LogP contribution in [-0.2, 0) is 10.0 Å². The van der Waals surface area contributed by atoms with E-state index in [1.165, 1.54) is 6.07 Å². The zero-order valence-corrected chi connectivity index (χ0v) is 14.7. The highest BCUT2D eigenvalue weighted by atomic mass is 35.5. The fraction of sp³-hybridized carbons (Fsp3) is 0. The fourth-order valence-electron chi connectivity index (χ4n) is 2.62. The van der Waals surface area contributed by atoms with E-state index >= 15 is 0 Å². The Morgan fingerprint density at radius 2 is 1.64 bits per heavy atom. The van der Waals surface area contributed by atoms with Crippen molar-refractivity contribution in [2.45, 2.75) is 4.90 Å². The lowest BCUT2D eigenvalue weighted by atomic mass is 10.1. The third kappa shape index (κ3) is 2.70. The van der Waals surface area contributed by atoms with Crippen LogP contribution in [0, 0.1) is 0 Å². The molecule has 1 heterocycles. The molecule has 0 fully saturated rings. The smallest absolute Gasteiger partial charge is 0.265 e.